The smallest absolute Gasteiger partial charge is 0.310 e. The highest BCUT2D eigenvalue weighted by atomic mass is 16.6. The summed E-state index contributed by atoms with van der Waals surface area (Å²) in [5.74, 6) is 1.01. The van der Waals surface area contributed by atoms with Gasteiger partial charge in [0.2, 0.25) is 0 Å². The molecule has 0 amide bonds. The monoisotopic (exact) mass is 392 g/mol. The van der Waals surface area contributed by atoms with E-state index in [1.807, 2.05) is 0 Å². The van der Waals surface area contributed by atoms with Crippen LogP contribution in [0.15, 0.2) is 0 Å². The maximum absolute atomic E-state index is 12.7. The van der Waals surface area contributed by atoms with Crippen LogP contribution in [0, 0.1) is 23.2 Å². The van der Waals surface area contributed by atoms with Gasteiger partial charge in [-0.1, -0.05) is 6.92 Å². The van der Waals surface area contributed by atoms with Crippen molar-refractivity contribution in [3.63, 3.8) is 0 Å². The normalized spacial score (nSPS) is 42.2. The molecule has 0 radical (unpaired) electrons. The maximum atomic E-state index is 12.7. The SMILES string of the molecule is CC(C)N(CCNC[C@H]1C(=O)O[C@@H]2C[C@@]3(C)CCC[C@@]4(CO4)[C@@H]3C[C@@H]21)C(C)C. The first-order valence-corrected chi connectivity index (χ1v) is 11.6. The van der Waals surface area contributed by atoms with E-state index in [9.17, 15) is 4.79 Å². The average molecular weight is 393 g/mol. The van der Waals surface area contributed by atoms with E-state index in [0.29, 0.717) is 23.9 Å². The van der Waals surface area contributed by atoms with Crippen molar-refractivity contribution in [2.75, 3.05) is 26.2 Å². The van der Waals surface area contributed by atoms with Crippen molar-refractivity contribution in [3.05, 3.63) is 0 Å². The lowest BCUT2D eigenvalue weighted by Crippen LogP contribution is -2.51. The zero-order valence-electron chi connectivity index (χ0n) is 18.5. The molecule has 0 aromatic carbocycles. The van der Waals surface area contributed by atoms with Crippen molar-refractivity contribution in [2.45, 2.75) is 90.5 Å². The number of epoxide rings is 1. The quantitative estimate of drug-likeness (QED) is 0.410. The highest BCUT2D eigenvalue weighted by molar-refractivity contribution is 5.75. The van der Waals surface area contributed by atoms with E-state index < -0.39 is 0 Å². The Morgan fingerprint density at radius 1 is 1.21 bits per heavy atom. The summed E-state index contributed by atoms with van der Waals surface area (Å²) in [6.45, 7) is 15.0. The Balaban J connectivity index is 1.35. The van der Waals surface area contributed by atoms with Gasteiger partial charge in [0.15, 0.2) is 0 Å². The predicted octanol–water partition coefficient (Wildman–Crippen LogP) is 3.22. The molecule has 2 aliphatic carbocycles. The molecule has 160 valence electrons. The summed E-state index contributed by atoms with van der Waals surface area (Å²) in [7, 11) is 0. The standard InChI is InChI=1S/C23H40N2O3/c1-15(2)25(16(3)4)10-9-24-13-18-17-11-20-22(5,12-19(17)28-21(18)26)7-6-8-23(20)14-27-23/h15-20,24H,6-14H2,1-5H3/t17-,18-,19-,20-,22-,23-/m1/s1. The van der Waals surface area contributed by atoms with Gasteiger partial charge in [-0.2, -0.15) is 0 Å². The Morgan fingerprint density at radius 3 is 2.57 bits per heavy atom. The molecule has 4 aliphatic rings. The second-order valence-corrected chi connectivity index (χ2v) is 10.7. The van der Waals surface area contributed by atoms with Crippen molar-refractivity contribution < 1.29 is 14.3 Å². The maximum Gasteiger partial charge on any atom is 0.310 e. The van der Waals surface area contributed by atoms with E-state index in [1.54, 1.807) is 0 Å². The van der Waals surface area contributed by atoms with E-state index in [0.717, 1.165) is 39.1 Å². The number of ether oxygens (including phenoxy) is 2. The fourth-order valence-corrected chi connectivity index (χ4v) is 6.77. The lowest BCUT2D eigenvalue weighted by atomic mass is 9.53. The van der Waals surface area contributed by atoms with Crippen LogP contribution in [0.3, 0.4) is 0 Å². The average Bonchev–Trinajstić information content (AvgIpc) is 3.30. The first kappa shape index (κ1) is 20.6. The molecule has 2 aliphatic heterocycles. The largest absolute Gasteiger partial charge is 0.462 e. The molecule has 0 aromatic rings. The van der Waals surface area contributed by atoms with E-state index >= 15 is 0 Å². The van der Waals surface area contributed by atoms with Gasteiger partial charge in [-0.15, -0.1) is 0 Å². The van der Waals surface area contributed by atoms with Gasteiger partial charge in [0.1, 0.15) is 6.10 Å². The Hall–Kier alpha value is -0.650. The van der Waals surface area contributed by atoms with Gasteiger partial charge in [-0.25, -0.2) is 0 Å². The van der Waals surface area contributed by atoms with Gasteiger partial charge in [-0.05, 0) is 71.1 Å². The Kier molecular flexibility index (Phi) is 5.56. The zero-order chi connectivity index (χ0) is 20.1. The number of nitrogens with zero attached hydrogens (tertiary/aromatic N) is 1. The van der Waals surface area contributed by atoms with Crippen LogP contribution in [0.1, 0.15) is 66.7 Å². The second-order valence-electron chi connectivity index (χ2n) is 10.7. The van der Waals surface area contributed by atoms with Crippen LogP contribution in [-0.2, 0) is 14.3 Å². The number of fused-ring (bicyclic) bond motifs is 3. The van der Waals surface area contributed by atoms with Crippen molar-refractivity contribution in [3.8, 4) is 0 Å². The van der Waals surface area contributed by atoms with Crippen molar-refractivity contribution in [2.24, 2.45) is 23.2 Å². The summed E-state index contributed by atoms with van der Waals surface area (Å²) in [5, 5.41) is 3.58. The molecule has 2 saturated carbocycles. The van der Waals surface area contributed by atoms with Crippen LogP contribution in [-0.4, -0.2) is 60.9 Å². The molecule has 1 N–H and O–H groups in total. The van der Waals surface area contributed by atoms with Crippen molar-refractivity contribution >= 4 is 5.97 Å². The first-order valence-electron chi connectivity index (χ1n) is 11.6. The molecule has 28 heavy (non-hydrogen) atoms. The van der Waals surface area contributed by atoms with Crippen molar-refractivity contribution in [1.29, 1.82) is 0 Å². The second kappa shape index (κ2) is 7.55. The van der Waals surface area contributed by atoms with Gasteiger partial charge in [-0.3, -0.25) is 9.69 Å². The number of carbonyl (C=O) groups excluding carboxylic acids is 1. The number of carbonyl (C=O) groups is 1. The number of esters is 1. The van der Waals surface area contributed by atoms with Gasteiger partial charge < -0.3 is 14.8 Å². The predicted molar refractivity (Wildman–Crippen MR) is 110 cm³/mol. The third-order valence-corrected chi connectivity index (χ3v) is 8.32. The summed E-state index contributed by atoms with van der Waals surface area (Å²) in [4.78, 5) is 15.2. The minimum absolute atomic E-state index is 0.0128. The molecule has 5 nitrogen and oxygen atoms in total. The van der Waals surface area contributed by atoms with Gasteiger partial charge >= 0.3 is 5.97 Å². The van der Waals surface area contributed by atoms with E-state index in [1.165, 1.54) is 19.3 Å². The van der Waals surface area contributed by atoms with Gasteiger partial charge in [0.25, 0.3) is 0 Å². The third-order valence-electron chi connectivity index (χ3n) is 8.32. The minimum atomic E-state index is 0.0128. The number of nitrogens with one attached hydrogen (secondary N) is 1. The molecular formula is C23H40N2O3. The van der Waals surface area contributed by atoms with E-state index in [4.69, 9.17) is 9.47 Å². The fraction of sp³-hybridized carbons (Fsp3) is 0.957. The number of hydrogen-bond donors (Lipinski definition) is 1. The molecule has 4 rings (SSSR count). The third kappa shape index (κ3) is 3.63. The fourth-order valence-electron chi connectivity index (χ4n) is 6.77. The number of hydrogen-bond acceptors (Lipinski definition) is 5. The molecule has 1 spiro atoms. The van der Waals surface area contributed by atoms with Crippen LogP contribution >= 0.6 is 0 Å². The van der Waals surface area contributed by atoms with E-state index in [-0.39, 0.29) is 29.0 Å². The molecule has 0 unspecified atom stereocenters. The lowest BCUT2D eigenvalue weighted by Gasteiger charge is -2.51. The van der Waals surface area contributed by atoms with Crippen molar-refractivity contribution in [1.82, 2.24) is 10.2 Å². The minimum Gasteiger partial charge on any atom is -0.462 e. The van der Waals surface area contributed by atoms with Gasteiger partial charge in [0.05, 0.1) is 18.1 Å². The number of rotatable bonds is 7. The highest BCUT2D eigenvalue weighted by Crippen LogP contribution is 2.62. The molecule has 4 fully saturated rings. The molecule has 2 saturated heterocycles. The zero-order valence-corrected chi connectivity index (χ0v) is 18.5. The van der Waals surface area contributed by atoms with Crippen LogP contribution in [0.2, 0.25) is 0 Å². The summed E-state index contributed by atoms with van der Waals surface area (Å²) in [6.07, 6.45) is 5.98. The molecular weight excluding hydrogens is 352 g/mol. The first-order chi connectivity index (χ1) is 13.3. The summed E-state index contributed by atoms with van der Waals surface area (Å²) < 4.78 is 11.9. The Morgan fingerprint density at radius 2 is 1.93 bits per heavy atom. The molecule has 0 aromatic heterocycles. The lowest BCUT2D eigenvalue weighted by molar-refractivity contribution is -0.147. The summed E-state index contributed by atoms with van der Waals surface area (Å²) in [5.41, 5.74) is 0.421. The summed E-state index contributed by atoms with van der Waals surface area (Å²) in [6, 6.07) is 1.08. The highest BCUT2D eigenvalue weighted by Gasteiger charge is 2.64. The Bertz CT molecular complexity index is 580. The Labute approximate surface area is 170 Å². The summed E-state index contributed by atoms with van der Waals surface area (Å²) >= 11 is 0. The molecule has 5 heteroatoms. The van der Waals surface area contributed by atoms with Crippen LogP contribution in [0.25, 0.3) is 0 Å². The topological polar surface area (TPSA) is 54.1 Å². The van der Waals surface area contributed by atoms with Crippen LogP contribution < -0.4 is 5.32 Å². The molecule has 0 bridgehead atoms. The van der Waals surface area contributed by atoms with Crippen LogP contribution in [0.5, 0.6) is 0 Å². The van der Waals surface area contributed by atoms with Crippen LogP contribution in [0.4, 0.5) is 0 Å². The van der Waals surface area contributed by atoms with Gasteiger partial charge in [0, 0.05) is 37.6 Å². The molecule has 2 heterocycles. The van der Waals surface area contributed by atoms with E-state index in [2.05, 4.69) is 44.8 Å². The molecule has 6 atom stereocenters.